The van der Waals surface area contributed by atoms with E-state index < -0.39 is 6.04 Å². The first kappa shape index (κ1) is 18.8. The summed E-state index contributed by atoms with van der Waals surface area (Å²) >= 11 is 12.0. The van der Waals surface area contributed by atoms with Crippen LogP contribution in [0.1, 0.15) is 37.7 Å². The normalized spacial score (nSPS) is 23.0. The average Bonchev–Trinajstić information content (AvgIpc) is 2.59. The Kier molecular flexibility index (Phi) is 6.50. The van der Waals surface area contributed by atoms with Gasteiger partial charge in [-0.25, -0.2) is 0 Å². The molecule has 0 spiro atoms. The molecule has 25 heavy (non-hydrogen) atoms. The van der Waals surface area contributed by atoms with Gasteiger partial charge in [-0.1, -0.05) is 35.7 Å². The summed E-state index contributed by atoms with van der Waals surface area (Å²) in [6.45, 7) is 3.63. The summed E-state index contributed by atoms with van der Waals surface area (Å²) < 4.78 is 0. The first-order valence-corrected chi connectivity index (χ1v) is 9.76. The fourth-order valence-electron chi connectivity index (χ4n) is 3.77. The summed E-state index contributed by atoms with van der Waals surface area (Å²) in [5, 5.41) is 0.908. The number of carbonyl (C=O) groups excluding carboxylic acids is 2. The fourth-order valence-corrected chi connectivity index (χ4v) is 4.09. The van der Waals surface area contributed by atoms with E-state index in [0.29, 0.717) is 23.1 Å². The highest BCUT2D eigenvalue weighted by Crippen LogP contribution is 2.24. The molecule has 0 N–H and O–H groups in total. The van der Waals surface area contributed by atoms with Crippen molar-refractivity contribution < 1.29 is 9.59 Å². The van der Waals surface area contributed by atoms with E-state index in [-0.39, 0.29) is 18.0 Å². The van der Waals surface area contributed by atoms with Crippen LogP contribution in [-0.4, -0.2) is 53.7 Å². The zero-order valence-corrected chi connectivity index (χ0v) is 15.9. The van der Waals surface area contributed by atoms with Gasteiger partial charge in [-0.15, -0.1) is 0 Å². The van der Waals surface area contributed by atoms with Crippen LogP contribution in [-0.2, 0) is 16.0 Å². The Labute approximate surface area is 159 Å². The van der Waals surface area contributed by atoms with Crippen LogP contribution in [0.2, 0.25) is 10.0 Å². The van der Waals surface area contributed by atoms with Crippen LogP contribution in [0.5, 0.6) is 0 Å². The summed E-state index contributed by atoms with van der Waals surface area (Å²) in [6, 6.07) is 4.59. The van der Waals surface area contributed by atoms with Gasteiger partial charge in [0.1, 0.15) is 6.04 Å². The molecule has 2 saturated heterocycles. The summed E-state index contributed by atoms with van der Waals surface area (Å²) in [7, 11) is 0. The molecule has 1 atom stereocenters. The number of halogens is 2. The van der Waals surface area contributed by atoms with Crippen LogP contribution >= 0.6 is 23.2 Å². The van der Waals surface area contributed by atoms with Crippen molar-refractivity contribution in [3.63, 3.8) is 0 Å². The van der Waals surface area contributed by atoms with Crippen molar-refractivity contribution in [2.75, 3.05) is 26.3 Å². The number of hydrogen-bond acceptors (Lipinski definition) is 4. The summed E-state index contributed by atoms with van der Waals surface area (Å²) in [4.78, 5) is 29.8. The van der Waals surface area contributed by atoms with Gasteiger partial charge in [-0.3, -0.25) is 19.4 Å². The first-order valence-electron chi connectivity index (χ1n) is 9.00. The highest BCUT2D eigenvalue weighted by atomic mass is 35.5. The van der Waals surface area contributed by atoms with Crippen LogP contribution in [0.4, 0.5) is 0 Å². The van der Waals surface area contributed by atoms with E-state index in [1.807, 2.05) is 0 Å². The molecule has 0 saturated carbocycles. The van der Waals surface area contributed by atoms with Gasteiger partial charge in [0.05, 0.1) is 16.7 Å². The van der Waals surface area contributed by atoms with Crippen molar-refractivity contribution in [1.29, 1.82) is 0 Å². The number of Topliss-reactive ketones (excluding diaryl/α,β-unsaturated/α-hetero) is 2. The Balaban J connectivity index is 1.69. The SMILES string of the molecule is O=C1CCCN(CN2CCCCC2)C1C(=O)Cc1ccc(Cl)c(Cl)c1. The van der Waals surface area contributed by atoms with Crippen LogP contribution in [0.15, 0.2) is 18.2 Å². The van der Waals surface area contributed by atoms with E-state index in [2.05, 4.69) is 9.80 Å². The highest BCUT2D eigenvalue weighted by molar-refractivity contribution is 6.42. The van der Waals surface area contributed by atoms with Gasteiger partial charge in [0.15, 0.2) is 11.6 Å². The molecule has 0 aliphatic carbocycles. The second-order valence-electron chi connectivity index (χ2n) is 7.00. The van der Waals surface area contributed by atoms with Gasteiger partial charge in [0, 0.05) is 19.4 Å². The lowest BCUT2D eigenvalue weighted by molar-refractivity contribution is -0.138. The van der Waals surface area contributed by atoms with E-state index >= 15 is 0 Å². The predicted molar refractivity (Wildman–Crippen MR) is 100 cm³/mol. The van der Waals surface area contributed by atoms with Crippen molar-refractivity contribution in [3.8, 4) is 0 Å². The Bertz CT molecular complexity index is 644. The van der Waals surface area contributed by atoms with E-state index in [0.717, 1.165) is 31.6 Å². The Morgan fingerprint density at radius 2 is 1.80 bits per heavy atom. The van der Waals surface area contributed by atoms with E-state index in [4.69, 9.17) is 23.2 Å². The molecule has 1 aromatic carbocycles. The molecule has 2 aliphatic rings. The minimum atomic E-state index is -0.620. The van der Waals surface area contributed by atoms with E-state index in [1.165, 1.54) is 19.3 Å². The summed E-state index contributed by atoms with van der Waals surface area (Å²) in [5.41, 5.74) is 0.802. The number of piperidine rings is 2. The molecule has 0 aromatic heterocycles. The lowest BCUT2D eigenvalue weighted by atomic mass is 9.93. The second-order valence-corrected chi connectivity index (χ2v) is 7.81. The Morgan fingerprint density at radius 1 is 1.04 bits per heavy atom. The minimum absolute atomic E-state index is 0.0416. The number of likely N-dealkylation sites (tertiary alicyclic amines) is 2. The minimum Gasteiger partial charge on any atom is -0.297 e. The van der Waals surface area contributed by atoms with Gasteiger partial charge in [0.25, 0.3) is 0 Å². The number of rotatable bonds is 5. The third-order valence-electron chi connectivity index (χ3n) is 5.04. The molecule has 0 radical (unpaired) electrons. The molecule has 3 rings (SSSR count). The Morgan fingerprint density at radius 3 is 2.52 bits per heavy atom. The predicted octanol–water partition coefficient (Wildman–Crippen LogP) is 3.58. The maximum Gasteiger partial charge on any atom is 0.161 e. The zero-order valence-electron chi connectivity index (χ0n) is 14.3. The second kappa shape index (κ2) is 8.63. The van der Waals surface area contributed by atoms with Crippen molar-refractivity contribution in [3.05, 3.63) is 33.8 Å². The van der Waals surface area contributed by atoms with E-state index in [9.17, 15) is 9.59 Å². The van der Waals surface area contributed by atoms with Crippen molar-refractivity contribution in [2.24, 2.45) is 0 Å². The molecule has 4 nitrogen and oxygen atoms in total. The lowest BCUT2D eigenvalue weighted by Crippen LogP contribution is -2.55. The van der Waals surface area contributed by atoms with Crippen molar-refractivity contribution >= 4 is 34.8 Å². The molecule has 0 bridgehead atoms. The average molecular weight is 383 g/mol. The third kappa shape index (κ3) is 4.82. The quantitative estimate of drug-likeness (QED) is 0.729. The standard InChI is InChI=1S/C19H24Cl2N2O2/c20-15-7-6-14(11-16(15)21)12-18(25)19-17(24)5-4-10-23(19)13-22-8-2-1-3-9-22/h6-7,11,19H,1-5,8-10,12-13H2. The Hall–Kier alpha value is -0.940. The first-order chi connectivity index (χ1) is 12.0. The molecule has 2 fully saturated rings. The van der Waals surface area contributed by atoms with Gasteiger partial charge >= 0.3 is 0 Å². The van der Waals surface area contributed by atoms with Crippen LogP contribution < -0.4 is 0 Å². The number of hydrogen-bond donors (Lipinski definition) is 0. The molecule has 2 aliphatic heterocycles. The van der Waals surface area contributed by atoms with Crippen LogP contribution in [0.3, 0.4) is 0 Å². The van der Waals surface area contributed by atoms with Gasteiger partial charge < -0.3 is 0 Å². The number of nitrogens with zero attached hydrogens (tertiary/aromatic N) is 2. The van der Waals surface area contributed by atoms with Crippen molar-refractivity contribution in [1.82, 2.24) is 9.80 Å². The number of carbonyl (C=O) groups is 2. The topological polar surface area (TPSA) is 40.6 Å². The molecule has 2 heterocycles. The molecule has 0 amide bonds. The van der Waals surface area contributed by atoms with Gasteiger partial charge in [0.2, 0.25) is 0 Å². The molecular weight excluding hydrogens is 359 g/mol. The maximum absolute atomic E-state index is 12.9. The molecule has 1 unspecified atom stereocenters. The van der Waals surface area contributed by atoms with Crippen LogP contribution in [0, 0.1) is 0 Å². The maximum atomic E-state index is 12.9. The number of ketones is 2. The fraction of sp³-hybridized carbons (Fsp3) is 0.579. The lowest BCUT2D eigenvalue weighted by Gasteiger charge is -2.38. The summed E-state index contributed by atoms with van der Waals surface area (Å²) in [5.74, 6) is 0.00779. The van der Waals surface area contributed by atoms with Gasteiger partial charge in [-0.2, -0.15) is 0 Å². The summed E-state index contributed by atoms with van der Waals surface area (Å²) in [6.07, 6.45) is 5.21. The van der Waals surface area contributed by atoms with Gasteiger partial charge in [-0.05, 0) is 50.0 Å². The molecular formula is C19H24Cl2N2O2. The zero-order chi connectivity index (χ0) is 17.8. The highest BCUT2D eigenvalue weighted by Gasteiger charge is 2.36. The third-order valence-corrected chi connectivity index (χ3v) is 5.78. The smallest absolute Gasteiger partial charge is 0.161 e. The van der Waals surface area contributed by atoms with E-state index in [1.54, 1.807) is 18.2 Å². The molecule has 136 valence electrons. The monoisotopic (exact) mass is 382 g/mol. The molecule has 1 aromatic rings. The molecule has 6 heteroatoms. The van der Waals surface area contributed by atoms with Crippen molar-refractivity contribution in [2.45, 2.75) is 44.6 Å². The number of benzene rings is 1. The van der Waals surface area contributed by atoms with Crippen LogP contribution in [0.25, 0.3) is 0 Å². The largest absolute Gasteiger partial charge is 0.297 e.